The average molecular weight is 416 g/mol. The first kappa shape index (κ1) is 20.0. The first-order valence-electron chi connectivity index (χ1n) is 9.70. The number of carbonyl (C=O) groups excluding carboxylic acids is 1. The van der Waals surface area contributed by atoms with Gasteiger partial charge in [-0.15, -0.1) is 10.2 Å². The van der Waals surface area contributed by atoms with Gasteiger partial charge >= 0.3 is 0 Å². The number of rotatable bonds is 6. The number of hydrogen-bond donors (Lipinski definition) is 0. The summed E-state index contributed by atoms with van der Waals surface area (Å²) in [5.41, 5.74) is 1.74. The topological polar surface area (TPSA) is 59.0 Å². The third kappa shape index (κ3) is 4.82. The van der Waals surface area contributed by atoms with Crippen molar-refractivity contribution in [3.8, 4) is 10.6 Å². The lowest BCUT2D eigenvalue weighted by molar-refractivity contribution is -0.123. The highest BCUT2D eigenvalue weighted by atomic mass is 32.1. The molecule has 1 saturated heterocycles. The Kier molecular flexibility index (Phi) is 5.91. The molecule has 1 aliphatic rings. The van der Waals surface area contributed by atoms with Crippen molar-refractivity contribution in [3.63, 3.8) is 0 Å². The monoisotopic (exact) mass is 416 g/mol. The van der Waals surface area contributed by atoms with Gasteiger partial charge in [0.05, 0.1) is 6.54 Å². The molecule has 0 unspecified atom stereocenters. The molecule has 1 fully saturated rings. The van der Waals surface area contributed by atoms with E-state index in [0.29, 0.717) is 25.9 Å². The van der Waals surface area contributed by atoms with Gasteiger partial charge in [0.2, 0.25) is 0 Å². The van der Waals surface area contributed by atoms with Crippen LogP contribution in [-0.2, 0) is 11.2 Å². The zero-order chi connectivity index (χ0) is 20.4. The molecule has 3 heterocycles. The standard InChI is InChI=1S/C21H22F2N4OS/c1-13-25-26-21(29-13)15-2-3-16-11-24-18(9-17(16)8-15)10-19(28)14-4-6-27(7-5-14)12-20(22)23/h2-3,8-9,11,14,20H,4-7,10,12H2,1H3. The first-order valence-corrected chi connectivity index (χ1v) is 10.5. The van der Waals surface area contributed by atoms with Crippen LogP contribution in [-0.4, -0.2) is 51.9 Å². The number of carbonyl (C=O) groups is 1. The predicted molar refractivity (Wildman–Crippen MR) is 109 cm³/mol. The van der Waals surface area contributed by atoms with E-state index >= 15 is 0 Å². The van der Waals surface area contributed by atoms with Gasteiger partial charge in [-0.25, -0.2) is 8.78 Å². The van der Waals surface area contributed by atoms with Crippen molar-refractivity contribution < 1.29 is 13.6 Å². The smallest absolute Gasteiger partial charge is 0.251 e. The van der Waals surface area contributed by atoms with Crippen LogP contribution in [0.4, 0.5) is 8.78 Å². The summed E-state index contributed by atoms with van der Waals surface area (Å²) in [6, 6.07) is 8.00. The van der Waals surface area contributed by atoms with Gasteiger partial charge in [-0.2, -0.15) is 0 Å². The highest BCUT2D eigenvalue weighted by molar-refractivity contribution is 7.14. The van der Waals surface area contributed by atoms with Crippen LogP contribution in [0.1, 0.15) is 23.5 Å². The molecule has 4 rings (SSSR count). The number of likely N-dealkylation sites (tertiary alicyclic amines) is 1. The number of Topliss-reactive ketones (excluding diaryl/α,β-unsaturated/α-hetero) is 1. The molecule has 0 N–H and O–H groups in total. The molecule has 0 atom stereocenters. The third-order valence-electron chi connectivity index (χ3n) is 5.35. The van der Waals surface area contributed by atoms with E-state index in [1.165, 1.54) is 0 Å². The van der Waals surface area contributed by atoms with Crippen molar-refractivity contribution in [1.82, 2.24) is 20.1 Å². The number of hydrogen-bond acceptors (Lipinski definition) is 6. The molecule has 0 aliphatic carbocycles. The van der Waals surface area contributed by atoms with Gasteiger partial charge in [-0.3, -0.25) is 14.7 Å². The predicted octanol–water partition coefficient (Wildman–Crippen LogP) is 4.15. The highest BCUT2D eigenvalue weighted by Gasteiger charge is 2.26. The Hall–Kier alpha value is -2.32. The quantitative estimate of drug-likeness (QED) is 0.604. The van der Waals surface area contributed by atoms with Gasteiger partial charge < -0.3 is 0 Å². The lowest BCUT2D eigenvalue weighted by Gasteiger charge is -2.30. The maximum Gasteiger partial charge on any atom is 0.251 e. The lowest BCUT2D eigenvalue weighted by Crippen LogP contribution is -2.39. The molecule has 0 saturated carbocycles. The number of benzene rings is 1. The fourth-order valence-electron chi connectivity index (χ4n) is 3.79. The van der Waals surface area contributed by atoms with E-state index in [9.17, 15) is 13.6 Å². The van der Waals surface area contributed by atoms with E-state index in [1.54, 1.807) is 22.4 Å². The molecule has 152 valence electrons. The van der Waals surface area contributed by atoms with Crippen LogP contribution < -0.4 is 0 Å². The number of pyridine rings is 1. The minimum atomic E-state index is -2.32. The molecule has 2 aromatic heterocycles. The zero-order valence-corrected chi connectivity index (χ0v) is 17.0. The number of piperidine rings is 1. The molecule has 0 bridgehead atoms. The van der Waals surface area contributed by atoms with Gasteiger partial charge in [0.15, 0.2) is 0 Å². The van der Waals surface area contributed by atoms with E-state index < -0.39 is 6.43 Å². The molecule has 1 aromatic carbocycles. The summed E-state index contributed by atoms with van der Waals surface area (Å²) in [4.78, 5) is 18.9. The van der Waals surface area contributed by atoms with E-state index in [-0.39, 0.29) is 24.7 Å². The van der Waals surface area contributed by atoms with Crippen LogP contribution >= 0.6 is 11.3 Å². The molecule has 3 aromatic rings. The van der Waals surface area contributed by atoms with Crippen molar-refractivity contribution in [2.24, 2.45) is 5.92 Å². The second-order valence-corrected chi connectivity index (χ2v) is 8.65. The van der Waals surface area contributed by atoms with Gasteiger partial charge in [0.25, 0.3) is 6.43 Å². The Morgan fingerprint density at radius 1 is 1.21 bits per heavy atom. The molecular weight excluding hydrogens is 394 g/mol. The minimum absolute atomic E-state index is 0.0721. The molecule has 0 spiro atoms. The Bertz CT molecular complexity index is 1010. The number of halogens is 2. The Morgan fingerprint density at radius 2 is 2.00 bits per heavy atom. The first-order chi connectivity index (χ1) is 14.0. The second-order valence-electron chi connectivity index (χ2n) is 7.47. The van der Waals surface area contributed by atoms with Crippen LogP contribution in [0.2, 0.25) is 0 Å². The number of fused-ring (bicyclic) bond motifs is 1. The zero-order valence-electron chi connectivity index (χ0n) is 16.1. The number of ketones is 1. The Labute approximate surface area is 171 Å². The highest BCUT2D eigenvalue weighted by Crippen LogP contribution is 2.27. The summed E-state index contributed by atoms with van der Waals surface area (Å²) < 4.78 is 25.0. The summed E-state index contributed by atoms with van der Waals surface area (Å²) in [6.45, 7) is 2.82. The van der Waals surface area contributed by atoms with E-state index in [0.717, 1.165) is 32.0 Å². The Morgan fingerprint density at radius 3 is 2.69 bits per heavy atom. The summed E-state index contributed by atoms with van der Waals surface area (Å²) in [5.74, 6) is 0.0709. The molecule has 8 heteroatoms. The maximum atomic E-state index is 12.7. The van der Waals surface area contributed by atoms with E-state index in [1.807, 2.05) is 31.2 Å². The van der Waals surface area contributed by atoms with Crippen molar-refractivity contribution in [2.75, 3.05) is 19.6 Å². The van der Waals surface area contributed by atoms with E-state index in [4.69, 9.17) is 0 Å². The molecule has 5 nitrogen and oxygen atoms in total. The van der Waals surface area contributed by atoms with Crippen molar-refractivity contribution >= 4 is 27.9 Å². The second kappa shape index (κ2) is 8.59. The summed E-state index contributed by atoms with van der Waals surface area (Å²) in [5, 5.41) is 12.1. The molecule has 1 aliphatic heterocycles. The normalized spacial score (nSPS) is 16.0. The summed E-state index contributed by atoms with van der Waals surface area (Å²) in [6.07, 6.45) is 1.02. The Balaban J connectivity index is 1.44. The van der Waals surface area contributed by atoms with Crippen LogP contribution in [0.25, 0.3) is 21.3 Å². The van der Waals surface area contributed by atoms with Crippen molar-refractivity contribution in [1.29, 1.82) is 0 Å². The van der Waals surface area contributed by atoms with Crippen LogP contribution in [0.3, 0.4) is 0 Å². The number of aryl methyl sites for hydroxylation is 1. The van der Waals surface area contributed by atoms with Crippen molar-refractivity contribution in [3.05, 3.63) is 41.2 Å². The van der Waals surface area contributed by atoms with Gasteiger partial charge in [0.1, 0.15) is 15.8 Å². The van der Waals surface area contributed by atoms with Crippen LogP contribution in [0.5, 0.6) is 0 Å². The number of alkyl halides is 2. The van der Waals surface area contributed by atoms with Crippen LogP contribution in [0.15, 0.2) is 30.5 Å². The summed E-state index contributed by atoms with van der Waals surface area (Å²) in [7, 11) is 0. The fourth-order valence-corrected chi connectivity index (χ4v) is 4.47. The largest absolute Gasteiger partial charge is 0.299 e. The molecule has 29 heavy (non-hydrogen) atoms. The van der Waals surface area contributed by atoms with Gasteiger partial charge in [0, 0.05) is 35.2 Å². The van der Waals surface area contributed by atoms with Gasteiger partial charge in [-0.1, -0.05) is 23.5 Å². The SMILES string of the molecule is Cc1nnc(-c2ccc3cnc(CC(=O)C4CCN(CC(F)F)CC4)cc3c2)s1. The minimum Gasteiger partial charge on any atom is -0.299 e. The number of aromatic nitrogens is 3. The number of nitrogens with zero attached hydrogens (tertiary/aromatic N) is 4. The van der Waals surface area contributed by atoms with E-state index in [2.05, 4.69) is 15.2 Å². The molecule has 0 radical (unpaired) electrons. The third-order valence-corrected chi connectivity index (χ3v) is 6.23. The fraction of sp³-hybridized carbons (Fsp3) is 0.429. The molecular formula is C21H22F2N4OS. The maximum absolute atomic E-state index is 12.7. The van der Waals surface area contributed by atoms with Crippen LogP contribution in [0, 0.1) is 12.8 Å². The van der Waals surface area contributed by atoms with Crippen molar-refractivity contribution in [2.45, 2.75) is 32.6 Å². The average Bonchev–Trinajstić information content (AvgIpc) is 3.14. The lowest BCUT2D eigenvalue weighted by atomic mass is 9.90. The summed E-state index contributed by atoms with van der Waals surface area (Å²) >= 11 is 1.54. The molecule has 0 amide bonds. The van der Waals surface area contributed by atoms with Gasteiger partial charge in [-0.05, 0) is 50.4 Å².